The molecule has 10 heteroatoms. The van der Waals surface area contributed by atoms with E-state index in [4.69, 9.17) is 11.6 Å². The van der Waals surface area contributed by atoms with Crippen molar-refractivity contribution in [2.75, 3.05) is 4.72 Å². The Morgan fingerprint density at radius 3 is 2.53 bits per heavy atom. The zero-order valence-electron chi connectivity index (χ0n) is 7.78. The van der Waals surface area contributed by atoms with Crippen molar-refractivity contribution in [3.63, 3.8) is 0 Å². The third-order valence-corrected chi connectivity index (χ3v) is 7.39. The molecule has 0 aliphatic carbocycles. The monoisotopic (exact) mass is 436 g/mol. The predicted octanol–water partition coefficient (Wildman–Crippen LogP) is 4.18. The zero-order valence-corrected chi connectivity index (χ0v) is 14.2. The number of thiophene rings is 1. The molecule has 0 aliphatic rings. The van der Waals surface area contributed by atoms with Gasteiger partial charge >= 0.3 is 0 Å². The van der Waals surface area contributed by atoms with E-state index in [2.05, 4.69) is 41.6 Å². The fourth-order valence-electron chi connectivity index (χ4n) is 0.926. The number of halogens is 3. The van der Waals surface area contributed by atoms with Crippen molar-refractivity contribution in [2.45, 2.75) is 4.21 Å². The Balaban J connectivity index is 2.31. The molecule has 0 spiro atoms. The molecule has 2 heterocycles. The SMILES string of the molecule is O=S(=O)(Nc1ncc(Br)s1)c1cc(Cl)c(Br)s1. The summed E-state index contributed by atoms with van der Waals surface area (Å²) < 4.78 is 27.7. The van der Waals surface area contributed by atoms with Crippen LogP contribution in [0.25, 0.3) is 0 Å². The highest BCUT2D eigenvalue weighted by molar-refractivity contribution is 9.11. The lowest BCUT2D eigenvalue weighted by Gasteiger charge is -2.00. The second-order valence-corrected chi connectivity index (χ2v) is 9.86. The van der Waals surface area contributed by atoms with Crippen molar-refractivity contribution in [3.05, 3.63) is 24.9 Å². The molecule has 4 nitrogen and oxygen atoms in total. The second-order valence-electron chi connectivity index (χ2n) is 2.76. The Morgan fingerprint density at radius 1 is 1.35 bits per heavy atom. The highest BCUT2D eigenvalue weighted by Crippen LogP contribution is 2.35. The molecule has 0 radical (unpaired) electrons. The van der Waals surface area contributed by atoms with Crippen molar-refractivity contribution >= 4 is 81.3 Å². The average Bonchev–Trinajstić information content (AvgIpc) is 2.75. The molecule has 0 saturated heterocycles. The van der Waals surface area contributed by atoms with Gasteiger partial charge in [-0.15, -0.1) is 11.3 Å². The maximum atomic E-state index is 11.9. The van der Waals surface area contributed by atoms with Gasteiger partial charge in [-0.25, -0.2) is 13.4 Å². The smallest absolute Gasteiger partial charge is 0.254 e. The molecule has 0 unspecified atom stereocenters. The molecular weight excluding hydrogens is 436 g/mol. The molecule has 92 valence electrons. The van der Waals surface area contributed by atoms with Crippen LogP contribution in [0.4, 0.5) is 5.13 Å². The van der Waals surface area contributed by atoms with Crippen molar-refractivity contribution in [1.82, 2.24) is 4.98 Å². The molecule has 0 aliphatic heterocycles. The van der Waals surface area contributed by atoms with Crippen LogP contribution >= 0.6 is 66.1 Å². The van der Waals surface area contributed by atoms with E-state index in [9.17, 15) is 8.42 Å². The van der Waals surface area contributed by atoms with Gasteiger partial charge in [0, 0.05) is 0 Å². The lowest BCUT2D eigenvalue weighted by Crippen LogP contribution is -2.10. The minimum atomic E-state index is -3.62. The molecule has 1 N–H and O–H groups in total. The lowest BCUT2D eigenvalue weighted by atomic mass is 10.7. The molecule has 17 heavy (non-hydrogen) atoms. The third-order valence-electron chi connectivity index (χ3n) is 1.59. The van der Waals surface area contributed by atoms with Crippen LogP contribution in [0.3, 0.4) is 0 Å². The largest absolute Gasteiger partial charge is 0.273 e. The van der Waals surface area contributed by atoms with Crippen LogP contribution < -0.4 is 4.72 Å². The molecule has 2 rings (SSSR count). The molecule has 0 saturated carbocycles. The second kappa shape index (κ2) is 5.14. The average molecular weight is 439 g/mol. The topological polar surface area (TPSA) is 59.1 Å². The van der Waals surface area contributed by atoms with Gasteiger partial charge in [-0.2, -0.15) is 0 Å². The standard InChI is InChI=1S/C7H3Br2ClN2O2S3/c8-4-2-11-7(15-4)12-17(13,14)5-1-3(10)6(9)16-5/h1-2H,(H,11,12). The first-order chi connectivity index (χ1) is 7.88. The van der Waals surface area contributed by atoms with Crippen LogP contribution in [0.2, 0.25) is 5.02 Å². The third kappa shape index (κ3) is 3.21. The number of rotatable bonds is 3. The van der Waals surface area contributed by atoms with Crippen LogP contribution in [-0.4, -0.2) is 13.4 Å². The summed E-state index contributed by atoms with van der Waals surface area (Å²) in [6, 6.07) is 1.39. The van der Waals surface area contributed by atoms with E-state index in [0.717, 1.165) is 15.1 Å². The van der Waals surface area contributed by atoms with E-state index in [1.165, 1.54) is 23.6 Å². The summed E-state index contributed by atoms with van der Waals surface area (Å²) >= 11 is 14.4. The van der Waals surface area contributed by atoms with E-state index < -0.39 is 10.0 Å². The van der Waals surface area contributed by atoms with Gasteiger partial charge in [0.05, 0.1) is 18.8 Å². The summed E-state index contributed by atoms with van der Waals surface area (Å²) in [5.74, 6) is 0. The number of nitrogens with one attached hydrogen (secondary N) is 1. The Hall–Kier alpha value is 0.330. The Kier molecular flexibility index (Phi) is 4.16. The molecule has 0 bridgehead atoms. The Labute approximate surface area is 127 Å². The normalized spacial score (nSPS) is 11.7. The highest BCUT2D eigenvalue weighted by atomic mass is 79.9. The highest BCUT2D eigenvalue weighted by Gasteiger charge is 2.20. The van der Waals surface area contributed by atoms with E-state index in [-0.39, 0.29) is 4.21 Å². The van der Waals surface area contributed by atoms with Crippen molar-refractivity contribution < 1.29 is 8.42 Å². The molecule has 0 aromatic carbocycles. The van der Waals surface area contributed by atoms with Gasteiger partial charge in [0.1, 0.15) is 4.21 Å². The van der Waals surface area contributed by atoms with Gasteiger partial charge in [0.2, 0.25) is 0 Å². The van der Waals surface area contributed by atoms with Crippen LogP contribution in [0.5, 0.6) is 0 Å². The quantitative estimate of drug-likeness (QED) is 0.782. The summed E-state index contributed by atoms with van der Waals surface area (Å²) in [6.07, 6.45) is 1.53. The number of anilines is 1. The number of nitrogens with zero attached hydrogens (tertiary/aromatic N) is 1. The summed E-state index contributed by atoms with van der Waals surface area (Å²) in [6.45, 7) is 0. The van der Waals surface area contributed by atoms with Crippen LogP contribution in [0.1, 0.15) is 0 Å². The van der Waals surface area contributed by atoms with Crippen LogP contribution in [0, 0.1) is 0 Å². The molecule has 2 aromatic heterocycles. The van der Waals surface area contributed by atoms with Gasteiger partial charge in [0.25, 0.3) is 10.0 Å². The summed E-state index contributed by atoms with van der Waals surface area (Å²) in [5, 5.41) is 0.674. The molecule has 2 aromatic rings. The Bertz CT molecular complexity index is 632. The number of hydrogen-bond donors (Lipinski definition) is 1. The summed E-state index contributed by atoms with van der Waals surface area (Å²) in [4.78, 5) is 3.90. The van der Waals surface area contributed by atoms with E-state index >= 15 is 0 Å². The maximum Gasteiger partial charge on any atom is 0.273 e. The minimum absolute atomic E-state index is 0.140. The fraction of sp³-hybridized carbons (Fsp3) is 0. The van der Waals surface area contributed by atoms with Gasteiger partial charge in [-0.1, -0.05) is 22.9 Å². The van der Waals surface area contributed by atoms with Crippen molar-refractivity contribution in [3.8, 4) is 0 Å². The summed E-state index contributed by atoms with van der Waals surface area (Å²) in [7, 11) is -3.62. The van der Waals surface area contributed by atoms with E-state index in [0.29, 0.717) is 13.9 Å². The fourth-order valence-corrected chi connectivity index (χ4v) is 5.67. The van der Waals surface area contributed by atoms with E-state index in [1.54, 1.807) is 0 Å². The van der Waals surface area contributed by atoms with Gasteiger partial charge < -0.3 is 0 Å². The zero-order chi connectivity index (χ0) is 12.6. The minimum Gasteiger partial charge on any atom is -0.254 e. The number of hydrogen-bond acceptors (Lipinski definition) is 5. The number of sulfonamides is 1. The molecule has 0 fully saturated rings. The first-order valence-electron chi connectivity index (χ1n) is 3.97. The predicted molar refractivity (Wildman–Crippen MR) is 77.7 cm³/mol. The van der Waals surface area contributed by atoms with Gasteiger partial charge in [-0.05, 0) is 37.9 Å². The van der Waals surface area contributed by atoms with Crippen LogP contribution in [0.15, 0.2) is 24.0 Å². The number of aromatic nitrogens is 1. The maximum absolute atomic E-state index is 11.9. The number of thiazole rings is 1. The van der Waals surface area contributed by atoms with Crippen molar-refractivity contribution in [2.24, 2.45) is 0 Å². The first kappa shape index (κ1) is 13.8. The van der Waals surface area contributed by atoms with E-state index in [1.807, 2.05) is 0 Å². The Morgan fingerprint density at radius 2 is 2.06 bits per heavy atom. The molecular formula is C7H3Br2ClN2O2S3. The van der Waals surface area contributed by atoms with Gasteiger partial charge in [-0.3, -0.25) is 4.72 Å². The molecule has 0 atom stereocenters. The first-order valence-corrected chi connectivity index (χ1v) is 9.05. The van der Waals surface area contributed by atoms with Gasteiger partial charge in [0.15, 0.2) is 5.13 Å². The molecule has 0 amide bonds. The summed E-state index contributed by atoms with van der Waals surface area (Å²) in [5.41, 5.74) is 0. The van der Waals surface area contributed by atoms with Crippen molar-refractivity contribution in [1.29, 1.82) is 0 Å². The van der Waals surface area contributed by atoms with Crippen LogP contribution in [-0.2, 0) is 10.0 Å². The lowest BCUT2D eigenvalue weighted by molar-refractivity contribution is 0.603.